The van der Waals surface area contributed by atoms with E-state index < -0.39 is 6.03 Å². The van der Waals surface area contributed by atoms with Crippen LogP contribution >= 0.6 is 11.6 Å². The zero-order valence-electron chi connectivity index (χ0n) is 15.5. The first-order valence-electron chi connectivity index (χ1n) is 8.88. The van der Waals surface area contributed by atoms with Gasteiger partial charge in [-0.2, -0.15) is 0 Å². The molecule has 27 heavy (non-hydrogen) atoms. The summed E-state index contributed by atoms with van der Waals surface area (Å²) in [6.45, 7) is 1.55. The zero-order chi connectivity index (χ0) is 19.4. The predicted octanol–water partition coefficient (Wildman–Crippen LogP) is 4.29. The molecule has 0 bridgehead atoms. The highest BCUT2D eigenvalue weighted by Gasteiger charge is 2.23. The molecule has 3 rings (SSSR count). The fourth-order valence-corrected chi connectivity index (χ4v) is 3.32. The molecule has 1 aliphatic heterocycles. The number of amides is 3. The summed E-state index contributed by atoms with van der Waals surface area (Å²) in [4.78, 5) is 28.9. The Kier molecular flexibility index (Phi) is 5.86. The van der Waals surface area contributed by atoms with Crippen LogP contribution in [0.25, 0.3) is 0 Å². The lowest BCUT2D eigenvalue weighted by molar-refractivity contribution is 0.0793. The number of hydrogen-bond acceptors (Lipinski definition) is 3. The number of urea groups is 1. The SMILES string of the molecule is CN(C)c1ccc(NC(=O)Nc2cccc(Cl)c2)cc1C(=O)N1CCCC1. The van der Waals surface area contributed by atoms with Gasteiger partial charge in [-0.25, -0.2) is 4.79 Å². The second kappa shape index (κ2) is 8.31. The maximum absolute atomic E-state index is 12.9. The van der Waals surface area contributed by atoms with Crippen LogP contribution in [0.4, 0.5) is 21.9 Å². The van der Waals surface area contributed by atoms with Gasteiger partial charge >= 0.3 is 6.03 Å². The molecule has 1 heterocycles. The summed E-state index contributed by atoms with van der Waals surface area (Å²) >= 11 is 5.93. The lowest BCUT2D eigenvalue weighted by Gasteiger charge is -2.22. The zero-order valence-corrected chi connectivity index (χ0v) is 16.2. The van der Waals surface area contributed by atoms with E-state index in [-0.39, 0.29) is 5.91 Å². The van der Waals surface area contributed by atoms with E-state index in [4.69, 9.17) is 11.6 Å². The van der Waals surface area contributed by atoms with Crippen LogP contribution in [0.5, 0.6) is 0 Å². The first-order chi connectivity index (χ1) is 12.9. The van der Waals surface area contributed by atoms with Gasteiger partial charge in [-0.3, -0.25) is 4.79 Å². The number of likely N-dealkylation sites (tertiary alicyclic amines) is 1. The standard InChI is InChI=1S/C20H23ClN4O2/c1-24(2)18-9-8-16(13-17(18)19(26)25-10-3-4-11-25)23-20(27)22-15-7-5-6-14(21)12-15/h5-9,12-13H,3-4,10-11H2,1-2H3,(H2,22,23,27). The third-order valence-corrected chi connectivity index (χ3v) is 4.68. The number of hydrogen-bond donors (Lipinski definition) is 2. The first-order valence-corrected chi connectivity index (χ1v) is 9.26. The van der Waals surface area contributed by atoms with Crippen LogP contribution in [0.1, 0.15) is 23.2 Å². The van der Waals surface area contributed by atoms with Crippen LogP contribution in [0.3, 0.4) is 0 Å². The Morgan fingerprint density at radius 1 is 1.00 bits per heavy atom. The largest absolute Gasteiger partial charge is 0.377 e. The van der Waals surface area contributed by atoms with Crippen LogP contribution in [-0.4, -0.2) is 44.0 Å². The third kappa shape index (κ3) is 4.71. The van der Waals surface area contributed by atoms with Crippen molar-refractivity contribution in [1.29, 1.82) is 0 Å². The molecule has 0 aromatic heterocycles. The van der Waals surface area contributed by atoms with Crippen molar-refractivity contribution >= 4 is 40.6 Å². The molecule has 2 aromatic rings. The smallest absolute Gasteiger partial charge is 0.323 e. The number of nitrogens with one attached hydrogen (secondary N) is 2. The van der Waals surface area contributed by atoms with Gasteiger partial charge in [-0.15, -0.1) is 0 Å². The van der Waals surface area contributed by atoms with Crippen LogP contribution in [0.2, 0.25) is 5.02 Å². The van der Waals surface area contributed by atoms with Gasteiger partial charge in [0.05, 0.1) is 5.56 Å². The molecular weight excluding hydrogens is 364 g/mol. The fraction of sp³-hybridized carbons (Fsp3) is 0.300. The van der Waals surface area contributed by atoms with E-state index in [1.54, 1.807) is 36.4 Å². The molecule has 0 atom stereocenters. The Labute approximate surface area is 164 Å². The minimum absolute atomic E-state index is 0.00454. The average Bonchev–Trinajstić information content (AvgIpc) is 3.15. The predicted molar refractivity (Wildman–Crippen MR) is 110 cm³/mol. The number of carbonyl (C=O) groups is 2. The second-order valence-electron chi connectivity index (χ2n) is 6.72. The van der Waals surface area contributed by atoms with Crippen molar-refractivity contribution in [3.63, 3.8) is 0 Å². The van der Waals surface area contributed by atoms with E-state index >= 15 is 0 Å². The molecule has 7 heteroatoms. The summed E-state index contributed by atoms with van der Waals surface area (Å²) in [5.41, 5.74) is 2.57. The molecule has 0 spiro atoms. The van der Waals surface area contributed by atoms with Gasteiger partial charge in [-0.1, -0.05) is 17.7 Å². The number of nitrogens with zero attached hydrogens (tertiary/aromatic N) is 2. The molecule has 0 unspecified atom stereocenters. The summed E-state index contributed by atoms with van der Waals surface area (Å²) < 4.78 is 0. The van der Waals surface area contributed by atoms with Crippen molar-refractivity contribution in [3.8, 4) is 0 Å². The van der Waals surface area contributed by atoms with E-state index in [2.05, 4.69) is 10.6 Å². The van der Waals surface area contributed by atoms with Crippen molar-refractivity contribution in [2.75, 3.05) is 42.7 Å². The van der Waals surface area contributed by atoms with Crippen molar-refractivity contribution in [2.24, 2.45) is 0 Å². The quantitative estimate of drug-likeness (QED) is 0.824. The van der Waals surface area contributed by atoms with Gasteiger partial charge in [0.1, 0.15) is 0 Å². The van der Waals surface area contributed by atoms with E-state index in [0.717, 1.165) is 31.6 Å². The average molecular weight is 387 g/mol. The Morgan fingerprint density at radius 2 is 1.67 bits per heavy atom. The minimum Gasteiger partial charge on any atom is -0.377 e. The van der Waals surface area contributed by atoms with E-state index in [1.165, 1.54) is 0 Å². The second-order valence-corrected chi connectivity index (χ2v) is 7.15. The van der Waals surface area contributed by atoms with E-state index in [0.29, 0.717) is 22.0 Å². The first kappa shape index (κ1) is 19.0. The summed E-state index contributed by atoms with van der Waals surface area (Å²) in [6, 6.07) is 11.9. The number of benzene rings is 2. The Bertz CT molecular complexity index is 848. The summed E-state index contributed by atoms with van der Waals surface area (Å²) in [6.07, 6.45) is 2.06. The molecule has 3 amide bonds. The third-order valence-electron chi connectivity index (χ3n) is 4.44. The van der Waals surface area contributed by atoms with Gasteiger partial charge in [0, 0.05) is 49.3 Å². The van der Waals surface area contributed by atoms with Crippen LogP contribution in [0, 0.1) is 0 Å². The number of carbonyl (C=O) groups excluding carboxylic acids is 2. The van der Waals surface area contributed by atoms with Crippen molar-refractivity contribution in [2.45, 2.75) is 12.8 Å². The molecule has 2 N–H and O–H groups in total. The summed E-state index contributed by atoms with van der Waals surface area (Å²) in [5, 5.41) is 6.05. The van der Waals surface area contributed by atoms with Gasteiger partial charge in [0.15, 0.2) is 0 Å². The van der Waals surface area contributed by atoms with Gasteiger partial charge in [0.25, 0.3) is 5.91 Å². The normalized spacial score (nSPS) is 13.4. The monoisotopic (exact) mass is 386 g/mol. The van der Waals surface area contributed by atoms with Crippen LogP contribution in [0.15, 0.2) is 42.5 Å². The van der Waals surface area contributed by atoms with E-state index in [1.807, 2.05) is 30.0 Å². The molecule has 6 nitrogen and oxygen atoms in total. The lowest BCUT2D eigenvalue weighted by atomic mass is 10.1. The van der Waals surface area contributed by atoms with Crippen molar-refractivity contribution in [1.82, 2.24) is 4.90 Å². The minimum atomic E-state index is -0.394. The highest BCUT2D eigenvalue weighted by Crippen LogP contribution is 2.26. The molecule has 0 radical (unpaired) electrons. The Morgan fingerprint density at radius 3 is 2.30 bits per heavy atom. The van der Waals surface area contributed by atoms with Crippen LogP contribution in [-0.2, 0) is 0 Å². The molecular formula is C20H23ClN4O2. The van der Waals surface area contributed by atoms with Gasteiger partial charge in [0.2, 0.25) is 0 Å². The Balaban J connectivity index is 1.78. The lowest BCUT2D eigenvalue weighted by Crippen LogP contribution is -2.29. The molecule has 1 aliphatic rings. The number of halogens is 1. The van der Waals surface area contributed by atoms with Crippen molar-refractivity contribution < 1.29 is 9.59 Å². The fourth-order valence-electron chi connectivity index (χ4n) is 3.13. The number of anilines is 3. The van der Waals surface area contributed by atoms with Crippen molar-refractivity contribution in [3.05, 3.63) is 53.1 Å². The molecule has 0 saturated carbocycles. The van der Waals surface area contributed by atoms with Crippen LogP contribution < -0.4 is 15.5 Å². The maximum atomic E-state index is 12.9. The highest BCUT2D eigenvalue weighted by molar-refractivity contribution is 6.30. The number of rotatable bonds is 4. The van der Waals surface area contributed by atoms with E-state index in [9.17, 15) is 9.59 Å². The maximum Gasteiger partial charge on any atom is 0.323 e. The topological polar surface area (TPSA) is 64.7 Å². The Hall–Kier alpha value is -2.73. The molecule has 1 fully saturated rings. The van der Waals surface area contributed by atoms with Gasteiger partial charge in [-0.05, 0) is 49.2 Å². The molecule has 1 saturated heterocycles. The molecule has 0 aliphatic carbocycles. The summed E-state index contributed by atoms with van der Waals surface area (Å²) in [7, 11) is 3.80. The molecule has 142 valence electrons. The molecule has 2 aromatic carbocycles. The summed E-state index contributed by atoms with van der Waals surface area (Å²) in [5.74, 6) is -0.00454. The van der Waals surface area contributed by atoms with Gasteiger partial charge < -0.3 is 20.4 Å². The highest BCUT2D eigenvalue weighted by atomic mass is 35.5.